The molecule has 0 heterocycles. The zero-order chi connectivity index (χ0) is 16.0. The minimum Gasteiger partial charge on any atom is -0.507 e. The number of nitriles is 1. The van der Waals surface area contributed by atoms with E-state index < -0.39 is 17.9 Å². The summed E-state index contributed by atoms with van der Waals surface area (Å²) in [4.78, 5) is 22.4. The summed E-state index contributed by atoms with van der Waals surface area (Å²) in [5.41, 5.74) is -0.0750. The van der Waals surface area contributed by atoms with Crippen molar-refractivity contribution < 1.29 is 24.5 Å². The van der Waals surface area contributed by atoms with Gasteiger partial charge in [0.2, 0.25) is 0 Å². The van der Waals surface area contributed by atoms with Crippen molar-refractivity contribution in [3.05, 3.63) is 29.3 Å². The van der Waals surface area contributed by atoms with Crippen molar-refractivity contribution in [1.82, 2.24) is 5.32 Å². The number of ether oxygens (including phenoxy) is 1. The van der Waals surface area contributed by atoms with Crippen molar-refractivity contribution >= 4 is 18.0 Å². The third-order valence-electron chi connectivity index (χ3n) is 2.62. The summed E-state index contributed by atoms with van der Waals surface area (Å²) in [5, 5.41) is 29.6. The number of carbonyl (C=O) groups excluding carboxylic acids is 1. The van der Waals surface area contributed by atoms with Crippen LogP contribution in [0.1, 0.15) is 12.5 Å². The van der Waals surface area contributed by atoms with Gasteiger partial charge in [-0.2, -0.15) is 5.26 Å². The second-order valence-corrected chi connectivity index (χ2v) is 4.13. The molecule has 1 aromatic rings. The van der Waals surface area contributed by atoms with Gasteiger partial charge in [0.25, 0.3) is 5.91 Å². The molecule has 21 heavy (non-hydrogen) atoms. The van der Waals surface area contributed by atoms with Crippen LogP contribution >= 0.6 is 0 Å². The van der Waals surface area contributed by atoms with Crippen molar-refractivity contribution in [2.24, 2.45) is 0 Å². The largest absolute Gasteiger partial charge is 0.507 e. The van der Waals surface area contributed by atoms with Crippen molar-refractivity contribution in [3.8, 4) is 17.6 Å². The highest BCUT2D eigenvalue weighted by Crippen LogP contribution is 2.25. The number of benzene rings is 1. The molecule has 0 bridgehead atoms. The molecule has 1 unspecified atom stereocenters. The molecule has 0 spiro atoms. The van der Waals surface area contributed by atoms with Gasteiger partial charge in [-0.1, -0.05) is 0 Å². The van der Waals surface area contributed by atoms with Crippen LogP contribution in [0.2, 0.25) is 0 Å². The van der Waals surface area contributed by atoms with Gasteiger partial charge in [-0.15, -0.1) is 0 Å². The Hall–Kier alpha value is -3.01. The third kappa shape index (κ3) is 4.24. The lowest BCUT2D eigenvalue weighted by molar-refractivity contribution is -0.140. The standard InChI is InChI=1S/C14H14N2O5/c1-8(14(19)20)16-13(18)10(7-15)5-9-3-4-11(21-2)6-12(9)17/h3-6,8,17H,1-2H3,(H,16,18)(H,19,20)/b10-5+. The molecule has 1 aromatic carbocycles. The number of hydrogen-bond donors (Lipinski definition) is 3. The molecule has 0 saturated carbocycles. The molecule has 3 N–H and O–H groups in total. The van der Waals surface area contributed by atoms with Gasteiger partial charge in [0.1, 0.15) is 29.2 Å². The van der Waals surface area contributed by atoms with Crippen LogP contribution in [0.15, 0.2) is 23.8 Å². The molecule has 0 radical (unpaired) electrons. The van der Waals surface area contributed by atoms with Crippen molar-refractivity contribution in [2.75, 3.05) is 7.11 Å². The van der Waals surface area contributed by atoms with Crippen LogP contribution < -0.4 is 10.1 Å². The molecule has 110 valence electrons. The van der Waals surface area contributed by atoms with Gasteiger partial charge >= 0.3 is 5.97 Å². The minimum absolute atomic E-state index is 0.166. The van der Waals surface area contributed by atoms with Crippen molar-refractivity contribution in [2.45, 2.75) is 13.0 Å². The van der Waals surface area contributed by atoms with Crippen LogP contribution in [-0.2, 0) is 9.59 Å². The molecule has 0 aliphatic carbocycles. The number of carboxylic acid groups (broad SMARTS) is 1. The lowest BCUT2D eigenvalue weighted by atomic mass is 10.1. The Labute approximate surface area is 121 Å². The fourth-order valence-electron chi connectivity index (χ4n) is 1.41. The average molecular weight is 290 g/mol. The number of hydrogen-bond acceptors (Lipinski definition) is 5. The van der Waals surface area contributed by atoms with Crippen LogP contribution in [-0.4, -0.2) is 35.2 Å². The van der Waals surface area contributed by atoms with E-state index in [1.165, 1.54) is 32.2 Å². The predicted molar refractivity (Wildman–Crippen MR) is 73.5 cm³/mol. The van der Waals surface area contributed by atoms with Crippen LogP contribution in [0.3, 0.4) is 0 Å². The van der Waals surface area contributed by atoms with Gasteiger partial charge in [0, 0.05) is 11.6 Å². The smallest absolute Gasteiger partial charge is 0.325 e. The van der Waals surface area contributed by atoms with Crippen LogP contribution in [0.4, 0.5) is 0 Å². The van der Waals surface area contributed by atoms with E-state index in [-0.39, 0.29) is 16.9 Å². The maximum Gasteiger partial charge on any atom is 0.325 e. The number of aliphatic carboxylic acids is 1. The summed E-state index contributed by atoms with van der Waals surface area (Å²) in [6.45, 7) is 1.28. The van der Waals surface area contributed by atoms with Crippen LogP contribution in [0.25, 0.3) is 6.08 Å². The fourth-order valence-corrected chi connectivity index (χ4v) is 1.41. The Morgan fingerprint density at radius 1 is 1.48 bits per heavy atom. The molecule has 0 aliphatic heterocycles. The van der Waals surface area contributed by atoms with E-state index in [9.17, 15) is 14.7 Å². The molecule has 0 fully saturated rings. The first-order valence-electron chi connectivity index (χ1n) is 5.91. The highest BCUT2D eigenvalue weighted by Gasteiger charge is 2.17. The van der Waals surface area contributed by atoms with Gasteiger partial charge in [0.05, 0.1) is 7.11 Å². The summed E-state index contributed by atoms with van der Waals surface area (Å²) < 4.78 is 4.92. The van der Waals surface area contributed by atoms with Gasteiger partial charge in [-0.25, -0.2) is 0 Å². The van der Waals surface area contributed by atoms with E-state index in [2.05, 4.69) is 5.32 Å². The van der Waals surface area contributed by atoms with Gasteiger partial charge in [-0.05, 0) is 25.1 Å². The Morgan fingerprint density at radius 3 is 2.62 bits per heavy atom. The summed E-state index contributed by atoms with van der Waals surface area (Å²) in [7, 11) is 1.44. The van der Waals surface area contributed by atoms with E-state index >= 15 is 0 Å². The highest BCUT2D eigenvalue weighted by molar-refractivity contribution is 6.03. The summed E-state index contributed by atoms with van der Waals surface area (Å²) >= 11 is 0. The number of phenols is 1. The van der Waals surface area contributed by atoms with E-state index in [4.69, 9.17) is 15.1 Å². The molecule has 1 atom stereocenters. The van der Waals surface area contributed by atoms with E-state index in [0.717, 1.165) is 0 Å². The quantitative estimate of drug-likeness (QED) is 0.547. The first-order valence-corrected chi connectivity index (χ1v) is 5.91. The molecule has 0 aromatic heterocycles. The lowest BCUT2D eigenvalue weighted by Crippen LogP contribution is -2.38. The number of carbonyl (C=O) groups is 2. The van der Waals surface area contributed by atoms with Crippen molar-refractivity contribution in [3.63, 3.8) is 0 Å². The Kier molecular flexibility index (Phi) is 5.31. The summed E-state index contributed by atoms with van der Waals surface area (Å²) in [6, 6.07) is 4.90. The first-order chi connectivity index (χ1) is 9.88. The molecular formula is C14H14N2O5. The van der Waals surface area contributed by atoms with Crippen molar-refractivity contribution in [1.29, 1.82) is 5.26 Å². The second kappa shape index (κ2) is 6.96. The summed E-state index contributed by atoms with van der Waals surface area (Å²) in [6.07, 6.45) is 1.17. The van der Waals surface area contributed by atoms with Gasteiger partial charge < -0.3 is 20.3 Å². The summed E-state index contributed by atoms with van der Waals surface area (Å²) in [5.74, 6) is -1.79. The maximum absolute atomic E-state index is 11.8. The number of aromatic hydroxyl groups is 1. The molecule has 7 nitrogen and oxygen atoms in total. The van der Waals surface area contributed by atoms with Gasteiger partial charge in [-0.3, -0.25) is 9.59 Å². The normalized spacial score (nSPS) is 12.1. The molecule has 1 rings (SSSR count). The minimum atomic E-state index is -1.21. The Bertz CT molecular complexity index is 631. The van der Waals surface area contributed by atoms with Crippen LogP contribution in [0, 0.1) is 11.3 Å². The third-order valence-corrected chi connectivity index (χ3v) is 2.62. The topological polar surface area (TPSA) is 120 Å². The monoisotopic (exact) mass is 290 g/mol. The average Bonchev–Trinajstić information content (AvgIpc) is 2.45. The number of nitrogens with zero attached hydrogens (tertiary/aromatic N) is 1. The lowest BCUT2D eigenvalue weighted by Gasteiger charge is -2.08. The predicted octanol–water partition coefficient (Wildman–Crippen LogP) is 0.897. The molecule has 0 saturated heterocycles. The van der Waals surface area contributed by atoms with Gasteiger partial charge in [0.15, 0.2) is 0 Å². The number of rotatable bonds is 5. The molecule has 0 aliphatic rings. The number of phenolic OH excluding ortho intramolecular Hbond substituents is 1. The molecule has 1 amide bonds. The Balaban J connectivity index is 3.02. The zero-order valence-corrected chi connectivity index (χ0v) is 11.5. The highest BCUT2D eigenvalue weighted by atomic mass is 16.5. The molecule has 7 heteroatoms. The van der Waals surface area contributed by atoms with E-state index in [0.29, 0.717) is 5.75 Å². The molecular weight excluding hydrogens is 276 g/mol. The number of nitrogens with one attached hydrogen (secondary N) is 1. The number of carboxylic acids is 1. The number of amides is 1. The SMILES string of the molecule is COc1ccc(/C=C(\C#N)C(=O)NC(C)C(=O)O)c(O)c1. The first kappa shape index (κ1) is 16.0. The fraction of sp³-hybridized carbons (Fsp3) is 0.214. The van der Waals surface area contributed by atoms with E-state index in [1.54, 1.807) is 12.1 Å². The van der Waals surface area contributed by atoms with E-state index in [1.807, 2.05) is 0 Å². The zero-order valence-electron chi connectivity index (χ0n) is 11.5. The Morgan fingerprint density at radius 2 is 2.14 bits per heavy atom. The second-order valence-electron chi connectivity index (χ2n) is 4.13. The van der Waals surface area contributed by atoms with Crippen LogP contribution in [0.5, 0.6) is 11.5 Å². The maximum atomic E-state index is 11.8. The number of methoxy groups -OCH3 is 1.